The van der Waals surface area contributed by atoms with Gasteiger partial charge >= 0.3 is 0 Å². The Kier molecular flexibility index (Phi) is 4.51. The van der Waals surface area contributed by atoms with Crippen molar-refractivity contribution in [1.82, 2.24) is 15.2 Å². The number of aryl methyl sites for hydroxylation is 1. The smallest absolute Gasteiger partial charge is 0.150 e. The van der Waals surface area contributed by atoms with Crippen LogP contribution in [0.5, 0.6) is 0 Å². The summed E-state index contributed by atoms with van der Waals surface area (Å²) in [6.45, 7) is 2.00. The summed E-state index contributed by atoms with van der Waals surface area (Å²) in [5.41, 5.74) is 4.99. The molecule has 3 unspecified atom stereocenters. The van der Waals surface area contributed by atoms with Crippen molar-refractivity contribution in [2.24, 2.45) is 18.8 Å². The first-order chi connectivity index (χ1) is 9.34. The molecule has 0 amide bonds. The lowest BCUT2D eigenvalue weighted by Gasteiger charge is -2.33. The zero-order valence-corrected chi connectivity index (χ0v) is 13.2. The molecule has 0 aromatic carbocycles. The Balaban J connectivity index is 2.22. The topological polar surface area (TPSA) is 90.0 Å². The lowest BCUT2D eigenvalue weighted by Crippen LogP contribution is -2.38. The molecule has 0 spiro atoms. The van der Waals surface area contributed by atoms with E-state index >= 15 is 0 Å². The second kappa shape index (κ2) is 5.83. The highest BCUT2D eigenvalue weighted by atomic mass is 32.2. The number of sulfone groups is 1. The van der Waals surface area contributed by atoms with Crippen LogP contribution in [0.25, 0.3) is 0 Å². The van der Waals surface area contributed by atoms with E-state index in [9.17, 15) is 8.42 Å². The van der Waals surface area contributed by atoms with E-state index in [0.717, 1.165) is 30.5 Å². The maximum atomic E-state index is 11.8. The van der Waals surface area contributed by atoms with Crippen molar-refractivity contribution in [2.75, 3.05) is 6.26 Å². The van der Waals surface area contributed by atoms with Gasteiger partial charge in [0.25, 0.3) is 0 Å². The van der Waals surface area contributed by atoms with Crippen LogP contribution in [0.3, 0.4) is 0 Å². The van der Waals surface area contributed by atoms with E-state index in [1.165, 1.54) is 6.26 Å². The molecule has 0 saturated heterocycles. The SMILES string of the molecule is Cc1c(C(NN)C2CCCC(S(C)(=O)=O)C2)cnn1C. The van der Waals surface area contributed by atoms with Crippen molar-refractivity contribution in [3.63, 3.8) is 0 Å². The monoisotopic (exact) mass is 300 g/mol. The van der Waals surface area contributed by atoms with Gasteiger partial charge in [-0.1, -0.05) is 6.42 Å². The van der Waals surface area contributed by atoms with Crippen molar-refractivity contribution in [3.8, 4) is 0 Å². The maximum Gasteiger partial charge on any atom is 0.150 e. The first-order valence-corrected chi connectivity index (χ1v) is 8.93. The van der Waals surface area contributed by atoms with E-state index in [-0.39, 0.29) is 17.2 Å². The molecule has 1 aromatic rings. The van der Waals surface area contributed by atoms with Crippen LogP contribution in [0.1, 0.15) is 43.0 Å². The molecule has 1 aliphatic rings. The Labute approximate surface area is 120 Å². The number of aromatic nitrogens is 2. The van der Waals surface area contributed by atoms with Gasteiger partial charge in [-0.3, -0.25) is 16.0 Å². The largest absolute Gasteiger partial charge is 0.273 e. The van der Waals surface area contributed by atoms with E-state index in [4.69, 9.17) is 5.84 Å². The Morgan fingerprint density at radius 2 is 2.20 bits per heavy atom. The molecule has 6 nitrogen and oxygen atoms in total. The second-order valence-corrected chi connectivity index (χ2v) is 8.16. The van der Waals surface area contributed by atoms with Crippen LogP contribution in [0, 0.1) is 12.8 Å². The van der Waals surface area contributed by atoms with Gasteiger partial charge in [0.05, 0.1) is 17.5 Å². The molecule has 20 heavy (non-hydrogen) atoms. The Morgan fingerprint density at radius 1 is 1.50 bits per heavy atom. The number of hydrazine groups is 1. The van der Waals surface area contributed by atoms with Crippen molar-refractivity contribution in [1.29, 1.82) is 0 Å². The number of nitrogens with two attached hydrogens (primary N) is 1. The maximum absolute atomic E-state index is 11.8. The molecule has 114 valence electrons. The van der Waals surface area contributed by atoms with Gasteiger partial charge in [-0.15, -0.1) is 0 Å². The van der Waals surface area contributed by atoms with Crippen LogP contribution >= 0.6 is 0 Å². The Morgan fingerprint density at radius 3 is 2.70 bits per heavy atom. The quantitative estimate of drug-likeness (QED) is 0.635. The van der Waals surface area contributed by atoms with Crippen LogP contribution in [-0.2, 0) is 16.9 Å². The van der Waals surface area contributed by atoms with Gasteiger partial charge < -0.3 is 0 Å². The van der Waals surface area contributed by atoms with Crippen molar-refractivity contribution in [2.45, 2.75) is 43.9 Å². The molecule has 3 N–H and O–H groups in total. The average molecular weight is 300 g/mol. The molecular formula is C13H24N4O2S. The van der Waals surface area contributed by atoms with Gasteiger partial charge in [-0.2, -0.15) is 5.10 Å². The number of rotatable bonds is 4. The normalized spacial score (nSPS) is 25.6. The molecule has 1 aliphatic carbocycles. The van der Waals surface area contributed by atoms with E-state index in [0.29, 0.717) is 6.42 Å². The Bertz CT molecular complexity index is 567. The summed E-state index contributed by atoms with van der Waals surface area (Å²) in [6, 6.07) is -0.0340. The number of hydrogen-bond acceptors (Lipinski definition) is 5. The lowest BCUT2D eigenvalue weighted by molar-refractivity contribution is 0.274. The van der Waals surface area contributed by atoms with Gasteiger partial charge in [0, 0.05) is 24.6 Å². The molecule has 1 saturated carbocycles. The number of nitrogens with one attached hydrogen (secondary N) is 1. The highest BCUT2D eigenvalue weighted by molar-refractivity contribution is 7.91. The van der Waals surface area contributed by atoms with Crippen molar-refractivity contribution >= 4 is 9.84 Å². The third-order valence-corrected chi connectivity index (χ3v) is 6.17. The molecule has 1 aromatic heterocycles. The van der Waals surface area contributed by atoms with Gasteiger partial charge in [-0.25, -0.2) is 8.42 Å². The van der Waals surface area contributed by atoms with Crippen LogP contribution in [0.15, 0.2) is 6.20 Å². The molecule has 1 fully saturated rings. The van der Waals surface area contributed by atoms with Gasteiger partial charge in [0.1, 0.15) is 9.84 Å². The fourth-order valence-corrected chi connectivity index (χ4v) is 4.37. The van der Waals surface area contributed by atoms with E-state index in [1.807, 2.05) is 24.9 Å². The zero-order valence-electron chi connectivity index (χ0n) is 12.3. The zero-order chi connectivity index (χ0) is 14.9. The predicted octanol–water partition coefficient (Wildman–Crippen LogP) is 0.836. The van der Waals surface area contributed by atoms with Crippen LogP contribution in [0.4, 0.5) is 0 Å². The molecule has 0 aliphatic heterocycles. The van der Waals surface area contributed by atoms with Gasteiger partial charge in [0.15, 0.2) is 0 Å². The molecule has 0 bridgehead atoms. The fraction of sp³-hybridized carbons (Fsp3) is 0.769. The standard InChI is InChI=1S/C13H24N4O2S/c1-9-12(8-15-17(9)2)13(16-14)10-5-4-6-11(7-10)20(3,18)19/h8,10-11,13,16H,4-7,14H2,1-3H3. The van der Waals surface area contributed by atoms with E-state index < -0.39 is 9.84 Å². The summed E-state index contributed by atoms with van der Waals surface area (Å²) >= 11 is 0. The van der Waals surface area contributed by atoms with Gasteiger partial charge in [0.2, 0.25) is 0 Å². The average Bonchev–Trinajstić information content (AvgIpc) is 2.72. The van der Waals surface area contributed by atoms with Crippen LogP contribution < -0.4 is 11.3 Å². The summed E-state index contributed by atoms with van der Waals surface area (Å²) in [5, 5.41) is 4.01. The summed E-state index contributed by atoms with van der Waals surface area (Å²) in [5.74, 6) is 5.96. The molecular weight excluding hydrogens is 276 g/mol. The Hall–Kier alpha value is -0.920. The second-order valence-electron chi connectivity index (χ2n) is 5.83. The molecule has 0 radical (unpaired) electrons. The van der Waals surface area contributed by atoms with E-state index in [2.05, 4.69) is 10.5 Å². The molecule has 2 rings (SSSR count). The highest BCUT2D eigenvalue weighted by Gasteiger charge is 2.34. The minimum atomic E-state index is -2.98. The number of nitrogens with zero attached hydrogens (tertiary/aromatic N) is 2. The molecule has 1 heterocycles. The van der Waals surface area contributed by atoms with Gasteiger partial charge in [-0.05, 0) is 32.1 Å². The minimum absolute atomic E-state index is 0.0340. The first kappa shape index (κ1) is 15.5. The third kappa shape index (κ3) is 3.05. The van der Waals surface area contributed by atoms with E-state index in [1.54, 1.807) is 0 Å². The van der Waals surface area contributed by atoms with Crippen LogP contribution in [-0.4, -0.2) is 29.7 Å². The molecule has 3 atom stereocenters. The van der Waals surface area contributed by atoms with Crippen molar-refractivity contribution in [3.05, 3.63) is 17.5 Å². The third-order valence-electron chi connectivity index (χ3n) is 4.53. The summed E-state index contributed by atoms with van der Waals surface area (Å²) < 4.78 is 25.4. The minimum Gasteiger partial charge on any atom is -0.273 e. The van der Waals surface area contributed by atoms with Crippen molar-refractivity contribution < 1.29 is 8.42 Å². The highest BCUT2D eigenvalue weighted by Crippen LogP contribution is 2.37. The first-order valence-electron chi connectivity index (χ1n) is 6.98. The predicted molar refractivity (Wildman–Crippen MR) is 78.6 cm³/mol. The summed E-state index contributed by atoms with van der Waals surface area (Å²) in [6.07, 6.45) is 6.51. The summed E-state index contributed by atoms with van der Waals surface area (Å²) in [4.78, 5) is 0. The van der Waals surface area contributed by atoms with Crippen LogP contribution in [0.2, 0.25) is 0 Å². The lowest BCUT2D eigenvalue weighted by atomic mass is 9.81. The number of hydrogen-bond donors (Lipinski definition) is 2. The fourth-order valence-electron chi connectivity index (χ4n) is 3.17. The molecule has 7 heteroatoms. The summed E-state index contributed by atoms with van der Waals surface area (Å²) in [7, 11) is -1.08.